The van der Waals surface area contributed by atoms with Gasteiger partial charge in [-0.15, -0.1) is 0 Å². The maximum Gasteiger partial charge on any atom is 0.232 e. The fraction of sp³-hybridized carbons (Fsp3) is 0.778. The topological polar surface area (TPSA) is 77.8 Å². The van der Waals surface area contributed by atoms with Gasteiger partial charge < -0.3 is 10.2 Å². The van der Waals surface area contributed by atoms with Gasteiger partial charge in [0.2, 0.25) is 11.8 Å². The Morgan fingerprint density at radius 2 is 1.43 bits per heavy atom. The lowest BCUT2D eigenvalue weighted by atomic mass is 9.78. The van der Waals surface area contributed by atoms with Gasteiger partial charge in [-0.2, -0.15) is 0 Å². The third-order valence-corrected chi connectivity index (χ3v) is 3.22. The summed E-state index contributed by atoms with van der Waals surface area (Å²) in [5, 5.41) is 18.8. The lowest BCUT2D eigenvalue weighted by Gasteiger charge is -2.29. The zero-order chi connectivity index (χ0) is 10.5. The molecule has 5 heteroatoms. The molecule has 2 amide bonds. The number of hydrogen-bond donors (Lipinski definition) is 2. The number of rotatable bonds is 0. The van der Waals surface area contributed by atoms with Gasteiger partial charge in [0.05, 0.1) is 24.0 Å². The largest absolute Gasteiger partial charge is 0.390 e. The molecule has 2 N–H and O–H groups in total. The summed E-state index contributed by atoms with van der Waals surface area (Å²) < 4.78 is 0. The molecule has 1 saturated carbocycles. The maximum atomic E-state index is 11.5. The zero-order valence-corrected chi connectivity index (χ0v) is 7.88. The molecule has 5 nitrogen and oxygen atoms in total. The first kappa shape index (κ1) is 9.61. The predicted octanol–water partition coefficient (Wildman–Crippen LogP) is -1.27. The Balaban J connectivity index is 2.24. The Hall–Kier alpha value is -0.940. The average Bonchev–Trinajstić information content (AvgIpc) is 2.34. The summed E-state index contributed by atoms with van der Waals surface area (Å²) >= 11 is 0. The first-order chi connectivity index (χ1) is 6.52. The number of imide groups is 1. The Labute approximate surface area is 81.3 Å². The van der Waals surface area contributed by atoms with Crippen LogP contribution in [0.2, 0.25) is 0 Å². The van der Waals surface area contributed by atoms with Crippen molar-refractivity contribution in [1.82, 2.24) is 4.90 Å². The van der Waals surface area contributed by atoms with Gasteiger partial charge in [0.1, 0.15) is 0 Å². The molecule has 1 heterocycles. The van der Waals surface area contributed by atoms with Crippen LogP contribution in [-0.4, -0.2) is 46.2 Å². The highest BCUT2D eigenvalue weighted by Gasteiger charge is 2.50. The molecule has 4 unspecified atom stereocenters. The molecular formula is C9H13NO4. The molecule has 0 aromatic rings. The SMILES string of the molecule is CN1C(=O)C2CC(O)C(O)CC2C1=O. The lowest BCUT2D eigenvalue weighted by Crippen LogP contribution is -2.40. The van der Waals surface area contributed by atoms with E-state index in [0.29, 0.717) is 0 Å². The van der Waals surface area contributed by atoms with Crippen molar-refractivity contribution < 1.29 is 19.8 Å². The van der Waals surface area contributed by atoms with Crippen molar-refractivity contribution in [2.75, 3.05) is 7.05 Å². The summed E-state index contributed by atoms with van der Waals surface area (Å²) in [6.07, 6.45) is -1.36. The van der Waals surface area contributed by atoms with E-state index in [-0.39, 0.29) is 24.7 Å². The molecule has 2 rings (SSSR count). The summed E-state index contributed by atoms with van der Waals surface area (Å²) in [5.41, 5.74) is 0. The van der Waals surface area contributed by atoms with E-state index in [4.69, 9.17) is 0 Å². The number of aliphatic hydroxyl groups is 2. The Morgan fingerprint density at radius 3 is 1.79 bits per heavy atom. The van der Waals surface area contributed by atoms with Crippen molar-refractivity contribution in [3.05, 3.63) is 0 Å². The van der Waals surface area contributed by atoms with Crippen molar-refractivity contribution >= 4 is 11.8 Å². The molecule has 78 valence electrons. The zero-order valence-electron chi connectivity index (χ0n) is 7.88. The first-order valence-electron chi connectivity index (χ1n) is 4.70. The number of carbonyl (C=O) groups excluding carboxylic acids is 2. The number of amides is 2. The Kier molecular flexibility index (Phi) is 2.08. The van der Waals surface area contributed by atoms with E-state index >= 15 is 0 Å². The highest BCUT2D eigenvalue weighted by atomic mass is 16.3. The number of likely N-dealkylation sites (tertiary alicyclic amines) is 1. The predicted molar refractivity (Wildman–Crippen MR) is 46.0 cm³/mol. The van der Waals surface area contributed by atoms with Crippen molar-refractivity contribution in [1.29, 1.82) is 0 Å². The maximum absolute atomic E-state index is 11.5. The van der Waals surface area contributed by atoms with Gasteiger partial charge in [-0.1, -0.05) is 0 Å². The molecular weight excluding hydrogens is 186 g/mol. The quantitative estimate of drug-likeness (QED) is 0.477. The van der Waals surface area contributed by atoms with Crippen LogP contribution in [0, 0.1) is 11.8 Å². The number of hydrogen-bond acceptors (Lipinski definition) is 4. The van der Waals surface area contributed by atoms with Gasteiger partial charge in [0.25, 0.3) is 0 Å². The standard InChI is InChI=1S/C9H13NO4/c1-10-8(13)4-2-6(11)7(12)3-5(4)9(10)14/h4-7,11-12H,2-3H2,1H3. The molecule has 0 spiro atoms. The molecule has 14 heavy (non-hydrogen) atoms. The fourth-order valence-corrected chi connectivity index (χ4v) is 2.31. The minimum atomic E-state index is -0.875. The summed E-state index contributed by atoms with van der Waals surface area (Å²) in [5.74, 6) is -1.31. The van der Waals surface area contributed by atoms with Crippen LogP contribution in [0.3, 0.4) is 0 Å². The average molecular weight is 199 g/mol. The highest BCUT2D eigenvalue weighted by Crippen LogP contribution is 2.37. The van der Waals surface area contributed by atoms with Gasteiger partial charge in [-0.05, 0) is 12.8 Å². The normalized spacial score (nSPS) is 42.9. The van der Waals surface area contributed by atoms with Crippen molar-refractivity contribution in [2.45, 2.75) is 25.0 Å². The van der Waals surface area contributed by atoms with Crippen molar-refractivity contribution in [3.63, 3.8) is 0 Å². The second-order valence-corrected chi connectivity index (χ2v) is 4.05. The summed E-state index contributed by atoms with van der Waals surface area (Å²) in [6.45, 7) is 0. The second-order valence-electron chi connectivity index (χ2n) is 4.05. The number of nitrogens with zero attached hydrogens (tertiary/aromatic N) is 1. The van der Waals surface area contributed by atoms with E-state index in [9.17, 15) is 19.8 Å². The van der Waals surface area contributed by atoms with Crippen LogP contribution >= 0.6 is 0 Å². The van der Waals surface area contributed by atoms with Gasteiger partial charge >= 0.3 is 0 Å². The fourth-order valence-electron chi connectivity index (χ4n) is 2.31. The minimum absolute atomic E-state index is 0.195. The van der Waals surface area contributed by atoms with Crippen LogP contribution in [0.4, 0.5) is 0 Å². The summed E-state index contributed by atoms with van der Waals surface area (Å²) in [6, 6.07) is 0. The Morgan fingerprint density at radius 1 is 1.07 bits per heavy atom. The molecule has 0 radical (unpaired) electrons. The monoisotopic (exact) mass is 199 g/mol. The van der Waals surface area contributed by atoms with Crippen LogP contribution in [0.1, 0.15) is 12.8 Å². The van der Waals surface area contributed by atoms with Crippen LogP contribution < -0.4 is 0 Å². The molecule has 2 fully saturated rings. The molecule has 1 aliphatic carbocycles. The number of aliphatic hydroxyl groups excluding tert-OH is 2. The van der Waals surface area contributed by atoms with Crippen LogP contribution in [0.5, 0.6) is 0 Å². The van der Waals surface area contributed by atoms with E-state index in [1.165, 1.54) is 7.05 Å². The molecule has 1 aliphatic heterocycles. The van der Waals surface area contributed by atoms with Crippen LogP contribution in [0.25, 0.3) is 0 Å². The van der Waals surface area contributed by atoms with Crippen LogP contribution in [0.15, 0.2) is 0 Å². The highest BCUT2D eigenvalue weighted by molar-refractivity contribution is 6.04. The lowest BCUT2D eigenvalue weighted by molar-refractivity contribution is -0.138. The molecule has 0 aromatic heterocycles. The van der Waals surface area contributed by atoms with Gasteiger partial charge in [0, 0.05) is 7.05 Å². The second kappa shape index (κ2) is 3.03. The molecule has 1 saturated heterocycles. The molecule has 0 aromatic carbocycles. The molecule has 0 bridgehead atoms. The van der Waals surface area contributed by atoms with E-state index in [1.807, 2.05) is 0 Å². The van der Waals surface area contributed by atoms with Gasteiger partial charge in [-0.25, -0.2) is 0 Å². The summed E-state index contributed by atoms with van der Waals surface area (Å²) in [7, 11) is 1.45. The third-order valence-electron chi connectivity index (χ3n) is 3.22. The van der Waals surface area contributed by atoms with Crippen molar-refractivity contribution in [3.8, 4) is 0 Å². The first-order valence-corrected chi connectivity index (χ1v) is 4.70. The van der Waals surface area contributed by atoms with Crippen LogP contribution in [-0.2, 0) is 9.59 Å². The van der Waals surface area contributed by atoms with Gasteiger partial charge in [0.15, 0.2) is 0 Å². The molecule has 4 atom stereocenters. The third kappa shape index (κ3) is 1.16. The van der Waals surface area contributed by atoms with E-state index in [0.717, 1.165) is 4.90 Å². The smallest absolute Gasteiger partial charge is 0.232 e. The van der Waals surface area contributed by atoms with Gasteiger partial charge in [-0.3, -0.25) is 14.5 Å². The minimum Gasteiger partial charge on any atom is -0.390 e. The van der Waals surface area contributed by atoms with E-state index in [2.05, 4.69) is 0 Å². The number of fused-ring (bicyclic) bond motifs is 1. The number of carbonyl (C=O) groups is 2. The molecule has 2 aliphatic rings. The van der Waals surface area contributed by atoms with E-state index in [1.54, 1.807) is 0 Å². The van der Waals surface area contributed by atoms with Crippen molar-refractivity contribution in [2.24, 2.45) is 11.8 Å². The van der Waals surface area contributed by atoms with E-state index < -0.39 is 24.0 Å². The summed E-state index contributed by atoms with van der Waals surface area (Å²) in [4.78, 5) is 24.1. The Bertz CT molecular complexity index is 263.